The molecule has 1 aromatic carbocycles. The van der Waals surface area contributed by atoms with Crippen LogP contribution < -0.4 is 38.3 Å². The highest BCUT2D eigenvalue weighted by Crippen LogP contribution is 2.12. The molecule has 3 aromatic rings. The summed E-state index contributed by atoms with van der Waals surface area (Å²) in [5, 5.41) is 20.7. The zero-order chi connectivity index (χ0) is 27.5. The van der Waals surface area contributed by atoms with Crippen molar-refractivity contribution in [1.29, 1.82) is 0 Å². The maximum Gasteiger partial charge on any atom is 0.326 e. The van der Waals surface area contributed by atoms with Crippen LogP contribution in [0.2, 0.25) is 0 Å². The molecule has 0 bridgehead atoms. The number of fused-ring (bicyclic) bond motifs is 1. The van der Waals surface area contributed by atoms with Crippen LogP contribution in [0.4, 0.5) is 11.6 Å². The molecule has 202 valence electrons. The van der Waals surface area contributed by atoms with E-state index >= 15 is 0 Å². The van der Waals surface area contributed by atoms with Gasteiger partial charge in [0.05, 0.1) is 18.4 Å². The fraction of sp³-hybridized carbons (Fsp3) is 0.348. The minimum atomic E-state index is -1.23. The minimum Gasteiger partial charge on any atom is -0.480 e. The zero-order valence-corrected chi connectivity index (χ0v) is 20.5. The van der Waals surface area contributed by atoms with Crippen LogP contribution in [0, 0.1) is 0 Å². The molecule has 2 aromatic heterocycles. The van der Waals surface area contributed by atoms with Crippen molar-refractivity contribution in [3.63, 3.8) is 0 Å². The van der Waals surface area contributed by atoms with E-state index in [1.54, 1.807) is 12.1 Å². The minimum absolute atomic E-state index is 0.0468. The van der Waals surface area contributed by atoms with E-state index in [1.807, 2.05) is 0 Å². The van der Waals surface area contributed by atoms with E-state index in [2.05, 4.69) is 41.2 Å². The van der Waals surface area contributed by atoms with Gasteiger partial charge < -0.3 is 37.8 Å². The van der Waals surface area contributed by atoms with Crippen molar-refractivity contribution >= 4 is 40.6 Å². The highest BCUT2D eigenvalue weighted by Gasteiger charge is 2.21. The molecule has 0 aliphatic carbocycles. The number of nitrogens with zero attached hydrogens (tertiary/aromatic N) is 3. The molecule has 0 spiro atoms. The van der Waals surface area contributed by atoms with Crippen LogP contribution in [-0.2, 0) is 16.1 Å². The topological polar surface area (TPSA) is 243 Å². The summed E-state index contributed by atoms with van der Waals surface area (Å²) < 4.78 is 0. The number of carboxylic acid groups (broad SMARTS) is 1. The van der Waals surface area contributed by atoms with Gasteiger partial charge in [-0.15, -0.1) is 0 Å². The average Bonchev–Trinajstić information content (AvgIpc) is 2.89. The van der Waals surface area contributed by atoms with E-state index in [0.717, 1.165) is 0 Å². The second-order valence-corrected chi connectivity index (χ2v) is 8.21. The number of anilines is 2. The Morgan fingerprint density at radius 1 is 1.08 bits per heavy atom. The molecule has 15 nitrogen and oxygen atoms in total. The van der Waals surface area contributed by atoms with Gasteiger partial charge in [-0.2, -0.15) is 4.98 Å². The number of amides is 2. The lowest BCUT2D eigenvalue weighted by atomic mass is 10.1. The van der Waals surface area contributed by atoms with Gasteiger partial charge in [0.1, 0.15) is 6.04 Å². The molecule has 0 saturated carbocycles. The van der Waals surface area contributed by atoms with Crippen LogP contribution in [0.5, 0.6) is 0 Å². The number of aromatic amines is 1. The third-order valence-corrected chi connectivity index (χ3v) is 5.32. The predicted molar refractivity (Wildman–Crippen MR) is 139 cm³/mol. The van der Waals surface area contributed by atoms with Crippen molar-refractivity contribution in [1.82, 2.24) is 35.9 Å². The van der Waals surface area contributed by atoms with Gasteiger partial charge in [-0.3, -0.25) is 19.4 Å². The molecule has 15 heteroatoms. The molecule has 0 saturated heterocycles. The van der Waals surface area contributed by atoms with Crippen LogP contribution >= 0.6 is 0 Å². The number of nitrogens with one attached hydrogen (secondary N) is 5. The lowest BCUT2D eigenvalue weighted by Gasteiger charge is -2.15. The van der Waals surface area contributed by atoms with E-state index < -0.39 is 23.5 Å². The quantitative estimate of drug-likeness (QED) is 0.112. The summed E-state index contributed by atoms with van der Waals surface area (Å²) in [7, 11) is 0. The molecular weight excluding hydrogens is 496 g/mol. The number of nitrogens with two attached hydrogens (primary N) is 2. The Kier molecular flexibility index (Phi) is 10.0. The van der Waals surface area contributed by atoms with Gasteiger partial charge in [-0.25, -0.2) is 14.8 Å². The van der Waals surface area contributed by atoms with Gasteiger partial charge in [0.2, 0.25) is 11.9 Å². The lowest BCUT2D eigenvalue weighted by molar-refractivity contribution is -0.139. The number of nitrogen functional groups attached to an aromatic ring is 1. The first kappa shape index (κ1) is 27.9. The lowest BCUT2D eigenvalue weighted by Crippen LogP contribution is -2.42. The Morgan fingerprint density at radius 3 is 2.55 bits per heavy atom. The molecule has 0 fully saturated rings. The number of aliphatic carboxylic acids is 1. The first-order valence-corrected chi connectivity index (χ1v) is 11.8. The van der Waals surface area contributed by atoms with E-state index in [9.17, 15) is 24.3 Å². The number of carbonyl (C=O) groups excluding carboxylic acids is 2. The molecule has 0 radical (unpaired) electrons. The van der Waals surface area contributed by atoms with Crippen LogP contribution in [0.15, 0.2) is 35.3 Å². The molecular formula is C23H30N10O5. The van der Waals surface area contributed by atoms with E-state index in [4.69, 9.17) is 11.5 Å². The number of hydrogen-bond donors (Lipinski definition) is 8. The highest BCUT2D eigenvalue weighted by molar-refractivity contribution is 5.97. The van der Waals surface area contributed by atoms with Gasteiger partial charge in [0, 0.05) is 43.9 Å². The fourth-order valence-corrected chi connectivity index (χ4v) is 3.37. The van der Waals surface area contributed by atoms with Crippen LogP contribution in [0.1, 0.15) is 28.9 Å². The number of benzene rings is 1. The monoisotopic (exact) mass is 526 g/mol. The summed E-state index contributed by atoms with van der Waals surface area (Å²) in [4.78, 5) is 62.7. The smallest absolute Gasteiger partial charge is 0.326 e. The van der Waals surface area contributed by atoms with Crippen LogP contribution in [-0.4, -0.2) is 75.0 Å². The number of aromatic nitrogens is 4. The summed E-state index contributed by atoms with van der Waals surface area (Å²) in [6.45, 7) is 2.31. The second kappa shape index (κ2) is 13.6. The standard InChI is InChI=1S/C23H30N10O5/c24-7-8-26-9-10-27-17(34)6-5-16(22(37)38)31-20(35)13-1-3-14(4-2-13)28-11-15-12-29-19-18(30-15)21(36)33-23(25)32-19/h1-4,12,16,26,28H,5-11,24H2,(H,27,34)(H,31,35)(H,37,38)(H3,25,29,32,33,36)/t16-/m0/s1. The molecule has 10 N–H and O–H groups in total. The Morgan fingerprint density at radius 2 is 1.84 bits per heavy atom. The van der Waals surface area contributed by atoms with E-state index in [1.165, 1.54) is 18.3 Å². The van der Waals surface area contributed by atoms with E-state index in [0.29, 0.717) is 37.6 Å². The molecule has 2 heterocycles. The van der Waals surface area contributed by atoms with Crippen molar-refractivity contribution in [3.8, 4) is 0 Å². The average molecular weight is 527 g/mol. The third kappa shape index (κ3) is 8.21. The summed E-state index contributed by atoms with van der Waals surface area (Å²) in [5.74, 6) is -2.17. The first-order chi connectivity index (χ1) is 18.3. The summed E-state index contributed by atoms with van der Waals surface area (Å²) >= 11 is 0. The summed E-state index contributed by atoms with van der Waals surface area (Å²) in [6, 6.07) is 5.11. The maximum absolute atomic E-state index is 12.6. The Balaban J connectivity index is 1.50. The molecule has 2 amide bonds. The van der Waals surface area contributed by atoms with Gasteiger partial charge in [0.15, 0.2) is 11.2 Å². The largest absolute Gasteiger partial charge is 0.480 e. The predicted octanol–water partition coefficient (Wildman–Crippen LogP) is -1.46. The van der Waals surface area contributed by atoms with Gasteiger partial charge >= 0.3 is 5.97 Å². The Hall–Kier alpha value is -4.63. The van der Waals surface area contributed by atoms with Gasteiger partial charge in [-0.05, 0) is 30.7 Å². The second-order valence-electron chi connectivity index (χ2n) is 8.21. The Bertz CT molecular complexity index is 1330. The van der Waals surface area contributed by atoms with Crippen molar-refractivity contribution < 1.29 is 19.5 Å². The van der Waals surface area contributed by atoms with Gasteiger partial charge in [-0.1, -0.05) is 0 Å². The first-order valence-electron chi connectivity index (χ1n) is 11.8. The number of carboxylic acids is 1. The SMILES string of the molecule is NCCNCCNC(=O)CC[C@H](NC(=O)c1ccc(NCc2cnc3nc(N)[nH]c(=O)c3n2)cc1)C(=O)O. The summed E-state index contributed by atoms with van der Waals surface area (Å²) in [5.41, 5.74) is 12.0. The molecule has 0 aliphatic heterocycles. The number of H-pyrrole nitrogens is 1. The zero-order valence-electron chi connectivity index (χ0n) is 20.5. The molecule has 0 unspecified atom stereocenters. The normalized spacial score (nSPS) is 11.6. The van der Waals surface area contributed by atoms with Crippen molar-refractivity contribution in [2.75, 3.05) is 37.2 Å². The number of rotatable bonds is 14. The number of hydrogen-bond acceptors (Lipinski definition) is 11. The van der Waals surface area contributed by atoms with Gasteiger partial charge in [0.25, 0.3) is 11.5 Å². The highest BCUT2D eigenvalue weighted by atomic mass is 16.4. The maximum atomic E-state index is 12.6. The molecule has 38 heavy (non-hydrogen) atoms. The number of carbonyl (C=O) groups is 3. The third-order valence-electron chi connectivity index (χ3n) is 5.32. The van der Waals surface area contributed by atoms with Crippen molar-refractivity contribution in [3.05, 3.63) is 52.1 Å². The Labute approximate surface area is 216 Å². The van der Waals surface area contributed by atoms with Crippen molar-refractivity contribution in [2.45, 2.75) is 25.4 Å². The molecule has 3 rings (SSSR count). The van der Waals surface area contributed by atoms with Crippen LogP contribution in [0.3, 0.4) is 0 Å². The molecule has 0 aliphatic rings. The van der Waals surface area contributed by atoms with E-state index in [-0.39, 0.29) is 48.0 Å². The van der Waals surface area contributed by atoms with Crippen LogP contribution in [0.25, 0.3) is 11.2 Å². The fourth-order valence-electron chi connectivity index (χ4n) is 3.37. The summed E-state index contributed by atoms with van der Waals surface area (Å²) in [6.07, 6.45) is 1.36. The molecule has 1 atom stereocenters. The van der Waals surface area contributed by atoms with Crippen molar-refractivity contribution in [2.24, 2.45) is 5.73 Å².